The van der Waals surface area contributed by atoms with Gasteiger partial charge in [0.05, 0.1) is 0 Å². The summed E-state index contributed by atoms with van der Waals surface area (Å²) in [5.41, 5.74) is 0.0731. The Bertz CT molecular complexity index is 306. The molecule has 0 spiro atoms. The molecule has 0 saturated heterocycles. The average molecular weight is 181 g/mol. The van der Waals surface area contributed by atoms with E-state index >= 15 is 0 Å². The standard InChI is InChI=1S/C10H15NO2/c1-9(2)6-4-5-10(9,3)8(12)7(6)11-13/h6,13H,4-5H2,1-3H3/b11-7+/t6-,10+/m1/s1. The molecule has 0 heterocycles. The Kier molecular flexibility index (Phi) is 1.44. The van der Waals surface area contributed by atoms with Crippen LogP contribution in [0.25, 0.3) is 0 Å². The Labute approximate surface area is 77.8 Å². The van der Waals surface area contributed by atoms with Crippen molar-refractivity contribution in [3.05, 3.63) is 0 Å². The van der Waals surface area contributed by atoms with Crippen molar-refractivity contribution in [3.8, 4) is 0 Å². The quantitative estimate of drug-likeness (QED) is 0.458. The van der Waals surface area contributed by atoms with E-state index in [0.717, 1.165) is 12.8 Å². The van der Waals surface area contributed by atoms with Gasteiger partial charge in [-0.3, -0.25) is 4.79 Å². The van der Waals surface area contributed by atoms with Gasteiger partial charge < -0.3 is 5.21 Å². The molecule has 72 valence electrons. The van der Waals surface area contributed by atoms with Crippen LogP contribution < -0.4 is 0 Å². The monoisotopic (exact) mass is 181 g/mol. The van der Waals surface area contributed by atoms with Crippen LogP contribution in [-0.4, -0.2) is 16.7 Å². The van der Waals surface area contributed by atoms with E-state index in [0.29, 0.717) is 5.71 Å². The van der Waals surface area contributed by atoms with E-state index in [1.54, 1.807) is 0 Å². The van der Waals surface area contributed by atoms with Crippen LogP contribution in [0.2, 0.25) is 0 Å². The van der Waals surface area contributed by atoms with Crippen LogP contribution in [0.5, 0.6) is 0 Å². The van der Waals surface area contributed by atoms with E-state index in [4.69, 9.17) is 5.21 Å². The molecule has 2 fully saturated rings. The zero-order valence-electron chi connectivity index (χ0n) is 8.29. The topological polar surface area (TPSA) is 49.7 Å². The second-order valence-electron chi connectivity index (χ2n) is 4.96. The maximum absolute atomic E-state index is 11.8. The average Bonchev–Trinajstić information content (AvgIpc) is 2.36. The molecule has 2 aliphatic rings. The predicted octanol–water partition coefficient (Wildman–Crippen LogP) is 1.84. The van der Waals surface area contributed by atoms with E-state index in [1.807, 2.05) is 6.92 Å². The normalized spacial score (nSPS) is 44.7. The van der Waals surface area contributed by atoms with Gasteiger partial charge >= 0.3 is 0 Å². The number of hydrogen-bond acceptors (Lipinski definition) is 3. The fourth-order valence-corrected chi connectivity index (χ4v) is 2.94. The first kappa shape index (κ1) is 8.73. The molecule has 2 rings (SSSR count). The van der Waals surface area contributed by atoms with Crippen molar-refractivity contribution in [1.82, 2.24) is 0 Å². The van der Waals surface area contributed by atoms with Crippen molar-refractivity contribution < 1.29 is 10.0 Å². The summed E-state index contributed by atoms with van der Waals surface area (Å²) in [5, 5.41) is 11.9. The summed E-state index contributed by atoms with van der Waals surface area (Å²) in [6.07, 6.45) is 1.91. The second kappa shape index (κ2) is 2.14. The van der Waals surface area contributed by atoms with Gasteiger partial charge in [0.15, 0.2) is 5.78 Å². The van der Waals surface area contributed by atoms with Gasteiger partial charge in [0.2, 0.25) is 0 Å². The Morgan fingerprint density at radius 1 is 1.46 bits per heavy atom. The number of hydrogen-bond donors (Lipinski definition) is 1. The summed E-state index contributed by atoms with van der Waals surface area (Å²) in [5.74, 6) is 0.214. The zero-order chi connectivity index (χ0) is 9.85. The van der Waals surface area contributed by atoms with Crippen LogP contribution in [0, 0.1) is 16.7 Å². The highest BCUT2D eigenvalue weighted by Crippen LogP contribution is 2.62. The first-order valence-electron chi connectivity index (χ1n) is 4.72. The van der Waals surface area contributed by atoms with Crippen molar-refractivity contribution in [2.45, 2.75) is 33.6 Å². The maximum atomic E-state index is 11.8. The van der Waals surface area contributed by atoms with Gasteiger partial charge in [0.1, 0.15) is 5.71 Å². The number of carbonyl (C=O) groups excluding carboxylic acids is 1. The minimum absolute atomic E-state index is 0.0361. The minimum Gasteiger partial charge on any atom is -0.411 e. The lowest BCUT2D eigenvalue weighted by atomic mass is 9.70. The van der Waals surface area contributed by atoms with E-state index in [9.17, 15) is 4.79 Å². The maximum Gasteiger partial charge on any atom is 0.187 e. The summed E-state index contributed by atoms with van der Waals surface area (Å²) < 4.78 is 0. The molecule has 0 radical (unpaired) electrons. The van der Waals surface area contributed by atoms with E-state index in [1.165, 1.54) is 0 Å². The number of rotatable bonds is 0. The Balaban J connectivity index is 2.57. The van der Waals surface area contributed by atoms with Crippen molar-refractivity contribution in [2.24, 2.45) is 21.9 Å². The third-order valence-electron chi connectivity index (χ3n) is 4.40. The molecule has 1 N–H and O–H groups in total. The largest absolute Gasteiger partial charge is 0.411 e. The summed E-state index contributed by atoms with van der Waals surface area (Å²) in [7, 11) is 0. The molecule has 0 aliphatic heterocycles. The number of fused-ring (bicyclic) bond motifs is 2. The highest BCUT2D eigenvalue weighted by Gasteiger charge is 2.65. The van der Waals surface area contributed by atoms with Crippen LogP contribution >= 0.6 is 0 Å². The first-order chi connectivity index (χ1) is 5.95. The molecule has 0 aromatic carbocycles. The molecule has 2 aliphatic carbocycles. The van der Waals surface area contributed by atoms with Gasteiger partial charge in [-0.1, -0.05) is 25.9 Å². The lowest BCUT2D eigenvalue weighted by Gasteiger charge is -2.31. The van der Waals surface area contributed by atoms with E-state index in [2.05, 4.69) is 19.0 Å². The van der Waals surface area contributed by atoms with E-state index in [-0.39, 0.29) is 22.5 Å². The fraction of sp³-hybridized carbons (Fsp3) is 0.800. The first-order valence-corrected chi connectivity index (χ1v) is 4.72. The number of carbonyl (C=O) groups is 1. The second-order valence-corrected chi connectivity index (χ2v) is 4.96. The van der Waals surface area contributed by atoms with Crippen molar-refractivity contribution in [3.63, 3.8) is 0 Å². The zero-order valence-corrected chi connectivity index (χ0v) is 8.29. The van der Waals surface area contributed by atoms with Crippen molar-refractivity contribution in [2.75, 3.05) is 0 Å². The number of Topliss-reactive ketones (excluding diaryl/α,β-unsaturated/α-hetero) is 1. The number of ketones is 1. The van der Waals surface area contributed by atoms with Gasteiger partial charge in [0.25, 0.3) is 0 Å². The molecular weight excluding hydrogens is 166 g/mol. The van der Waals surface area contributed by atoms with Crippen LogP contribution in [0.3, 0.4) is 0 Å². The molecule has 3 nitrogen and oxygen atoms in total. The number of oxime groups is 1. The molecule has 0 aromatic heterocycles. The molecule has 2 saturated carbocycles. The molecule has 2 atom stereocenters. The molecule has 0 aromatic rings. The van der Waals surface area contributed by atoms with E-state index < -0.39 is 0 Å². The van der Waals surface area contributed by atoms with Crippen molar-refractivity contribution >= 4 is 11.5 Å². The minimum atomic E-state index is -0.292. The number of nitrogens with zero attached hydrogens (tertiary/aromatic N) is 1. The molecule has 0 unspecified atom stereocenters. The van der Waals surface area contributed by atoms with Crippen LogP contribution in [0.4, 0.5) is 0 Å². The van der Waals surface area contributed by atoms with Crippen LogP contribution in [0.15, 0.2) is 5.16 Å². The summed E-state index contributed by atoms with van der Waals surface area (Å²) in [6, 6.07) is 0. The fourth-order valence-electron chi connectivity index (χ4n) is 2.94. The Morgan fingerprint density at radius 2 is 2.08 bits per heavy atom. The third-order valence-corrected chi connectivity index (χ3v) is 4.40. The summed E-state index contributed by atoms with van der Waals surface area (Å²) in [6.45, 7) is 6.19. The molecule has 2 bridgehead atoms. The lowest BCUT2D eigenvalue weighted by Crippen LogP contribution is -2.33. The Morgan fingerprint density at radius 3 is 2.38 bits per heavy atom. The lowest BCUT2D eigenvalue weighted by molar-refractivity contribution is -0.123. The molecule has 0 amide bonds. The molecule has 13 heavy (non-hydrogen) atoms. The van der Waals surface area contributed by atoms with Crippen molar-refractivity contribution in [1.29, 1.82) is 0 Å². The third kappa shape index (κ3) is 0.713. The summed E-state index contributed by atoms with van der Waals surface area (Å²) >= 11 is 0. The molecular formula is C10H15NO2. The van der Waals surface area contributed by atoms with Gasteiger partial charge in [-0.05, 0) is 18.3 Å². The van der Waals surface area contributed by atoms with Crippen LogP contribution in [-0.2, 0) is 4.79 Å². The molecule has 3 heteroatoms. The highest BCUT2D eigenvalue weighted by atomic mass is 16.4. The highest BCUT2D eigenvalue weighted by molar-refractivity contribution is 6.45. The SMILES string of the molecule is CC1(C)[C@@H]2CC[C@@]1(C)C(=O)/C2=N/O. The van der Waals surface area contributed by atoms with Gasteiger partial charge in [-0.15, -0.1) is 0 Å². The van der Waals surface area contributed by atoms with Gasteiger partial charge in [0, 0.05) is 11.3 Å². The van der Waals surface area contributed by atoms with Crippen LogP contribution in [0.1, 0.15) is 33.6 Å². The predicted molar refractivity (Wildman–Crippen MR) is 48.8 cm³/mol. The summed E-state index contributed by atoms with van der Waals surface area (Å²) in [4.78, 5) is 11.8. The Hall–Kier alpha value is -0.860. The van der Waals surface area contributed by atoms with Gasteiger partial charge in [-0.25, -0.2) is 0 Å². The van der Waals surface area contributed by atoms with Gasteiger partial charge in [-0.2, -0.15) is 0 Å². The smallest absolute Gasteiger partial charge is 0.187 e.